The average Bonchev–Trinajstić information content (AvgIpc) is 2.14. The zero-order valence-corrected chi connectivity index (χ0v) is 9.24. The summed E-state index contributed by atoms with van der Waals surface area (Å²) in [6.07, 6.45) is 0. The van der Waals surface area contributed by atoms with Crippen molar-refractivity contribution in [2.45, 2.75) is 18.3 Å². The summed E-state index contributed by atoms with van der Waals surface area (Å²) >= 11 is 0. The molecule has 0 radical (unpaired) electrons. The topological polar surface area (TPSA) is 46.5 Å². The third-order valence-electron chi connectivity index (χ3n) is 3.03. The lowest BCUT2D eigenvalue weighted by atomic mass is 9.78. The largest absolute Gasteiger partial charge is 0.480 e. The van der Waals surface area contributed by atoms with E-state index in [0.717, 1.165) is 6.92 Å². The molecule has 1 aliphatic heterocycles. The highest BCUT2D eigenvalue weighted by atomic mass is 19.3. The minimum absolute atomic E-state index is 0.0288. The van der Waals surface area contributed by atoms with Crippen molar-refractivity contribution in [2.75, 3.05) is 13.2 Å². The van der Waals surface area contributed by atoms with E-state index in [1.807, 2.05) is 0 Å². The van der Waals surface area contributed by atoms with Crippen molar-refractivity contribution in [3.8, 4) is 0 Å². The molecule has 5 heteroatoms. The Balaban J connectivity index is 2.43. The molecule has 92 valence electrons. The number of rotatable bonds is 3. The summed E-state index contributed by atoms with van der Waals surface area (Å²) in [5, 5.41) is 9.16. The monoisotopic (exact) mass is 242 g/mol. The van der Waals surface area contributed by atoms with Crippen LogP contribution in [0.3, 0.4) is 0 Å². The maximum absolute atomic E-state index is 13.2. The van der Waals surface area contributed by atoms with Gasteiger partial charge in [0.15, 0.2) is 0 Å². The molecular weight excluding hydrogens is 230 g/mol. The number of ether oxygens (including phenoxy) is 1. The van der Waals surface area contributed by atoms with Gasteiger partial charge in [-0.3, -0.25) is 4.79 Å². The number of alkyl halides is 2. The Bertz CT molecular complexity index is 447. The third kappa shape index (κ3) is 1.91. The maximum atomic E-state index is 13.2. The molecule has 0 bridgehead atoms. The van der Waals surface area contributed by atoms with Gasteiger partial charge < -0.3 is 9.84 Å². The molecule has 1 aliphatic rings. The van der Waals surface area contributed by atoms with E-state index in [9.17, 15) is 13.6 Å². The second-order valence-corrected chi connectivity index (χ2v) is 4.35. The van der Waals surface area contributed by atoms with Gasteiger partial charge in [-0.2, -0.15) is 0 Å². The second-order valence-electron chi connectivity index (χ2n) is 4.35. The summed E-state index contributed by atoms with van der Waals surface area (Å²) in [6.45, 7) is 0.846. The van der Waals surface area contributed by atoms with Crippen molar-refractivity contribution in [1.82, 2.24) is 0 Å². The summed E-state index contributed by atoms with van der Waals surface area (Å²) in [5.41, 5.74) is -0.973. The van der Waals surface area contributed by atoms with Crippen molar-refractivity contribution in [3.63, 3.8) is 0 Å². The van der Waals surface area contributed by atoms with Gasteiger partial charge in [-0.05, 0) is 11.6 Å². The molecule has 0 aromatic heterocycles. The van der Waals surface area contributed by atoms with E-state index in [1.54, 1.807) is 6.07 Å². The molecule has 0 unspecified atom stereocenters. The van der Waals surface area contributed by atoms with Gasteiger partial charge in [-0.1, -0.05) is 18.2 Å². The van der Waals surface area contributed by atoms with Crippen LogP contribution in [0.4, 0.5) is 8.78 Å². The lowest BCUT2D eigenvalue weighted by molar-refractivity contribution is -0.163. The number of aliphatic carboxylic acids is 1. The molecule has 0 aliphatic carbocycles. The predicted molar refractivity (Wildman–Crippen MR) is 56.1 cm³/mol. The Labute approximate surface area is 97.0 Å². The van der Waals surface area contributed by atoms with Crippen LogP contribution >= 0.6 is 0 Å². The van der Waals surface area contributed by atoms with Gasteiger partial charge in [-0.15, -0.1) is 0 Å². The molecule has 1 N–H and O–H groups in total. The standard InChI is InChI=1S/C12H12F2O3/c1-11(13,14)8-3-2-4-9(5-8)12(10(15)16)6-17-7-12/h2-5H,6-7H2,1H3,(H,15,16). The fraction of sp³-hybridized carbons (Fsp3) is 0.417. The van der Waals surface area contributed by atoms with Crippen molar-refractivity contribution >= 4 is 5.97 Å². The fourth-order valence-electron chi connectivity index (χ4n) is 1.81. The second kappa shape index (κ2) is 3.77. The molecular formula is C12H12F2O3. The van der Waals surface area contributed by atoms with Gasteiger partial charge in [0.05, 0.1) is 13.2 Å². The first-order valence-corrected chi connectivity index (χ1v) is 5.16. The zero-order chi connectivity index (χ0) is 12.7. The summed E-state index contributed by atoms with van der Waals surface area (Å²) in [6, 6.07) is 5.53. The first-order chi connectivity index (χ1) is 7.86. The van der Waals surface area contributed by atoms with E-state index in [4.69, 9.17) is 9.84 Å². The van der Waals surface area contributed by atoms with Crippen molar-refractivity contribution < 1.29 is 23.4 Å². The Kier molecular flexibility index (Phi) is 2.66. The van der Waals surface area contributed by atoms with Gasteiger partial charge in [0.25, 0.3) is 5.92 Å². The first-order valence-electron chi connectivity index (χ1n) is 5.16. The summed E-state index contributed by atoms with van der Waals surface area (Å²) in [7, 11) is 0. The van der Waals surface area contributed by atoms with Crippen molar-refractivity contribution in [3.05, 3.63) is 35.4 Å². The number of carbonyl (C=O) groups is 1. The number of carboxylic acids is 1. The van der Waals surface area contributed by atoms with Crippen LogP contribution in [-0.2, 0) is 20.9 Å². The average molecular weight is 242 g/mol. The number of halogens is 2. The van der Waals surface area contributed by atoms with Gasteiger partial charge in [-0.25, -0.2) is 8.78 Å². The molecule has 1 aromatic rings. The van der Waals surface area contributed by atoms with E-state index in [-0.39, 0.29) is 18.8 Å². The van der Waals surface area contributed by atoms with Gasteiger partial charge in [0.2, 0.25) is 0 Å². The van der Waals surface area contributed by atoms with E-state index < -0.39 is 17.3 Å². The molecule has 2 rings (SSSR count). The van der Waals surface area contributed by atoms with Crippen LogP contribution < -0.4 is 0 Å². The molecule has 0 atom stereocenters. The van der Waals surface area contributed by atoms with E-state index >= 15 is 0 Å². The van der Waals surface area contributed by atoms with Gasteiger partial charge in [0, 0.05) is 12.5 Å². The van der Waals surface area contributed by atoms with Crippen molar-refractivity contribution in [1.29, 1.82) is 0 Å². The van der Waals surface area contributed by atoms with Crippen LogP contribution in [0.2, 0.25) is 0 Å². The Hall–Kier alpha value is -1.49. The zero-order valence-electron chi connectivity index (χ0n) is 9.24. The highest BCUT2D eigenvalue weighted by molar-refractivity contribution is 5.83. The van der Waals surface area contributed by atoms with Crippen LogP contribution in [0.15, 0.2) is 24.3 Å². The quantitative estimate of drug-likeness (QED) is 0.883. The van der Waals surface area contributed by atoms with Gasteiger partial charge >= 0.3 is 5.97 Å². The maximum Gasteiger partial charge on any atom is 0.318 e. The van der Waals surface area contributed by atoms with Crippen molar-refractivity contribution in [2.24, 2.45) is 0 Å². The summed E-state index contributed by atoms with van der Waals surface area (Å²) in [5.74, 6) is -4.01. The number of hydrogen-bond donors (Lipinski definition) is 1. The van der Waals surface area contributed by atoms with E-state index in [1.165, 1.54) is 18.2 Å². The van der Waals surface area contributed by atoms with Crippen LogP contribution in [0.1, 0.15) is 18.1 Å². The molecule has 3 nitrogen and oxygen atoms in total. The highest BCUT2D eigenvalue weighted by Gasteiger charge is 2.48. The SMILES string of the molecule is CC(F)(F)c1cccc(C2(C(=O)O)COC2)c1. The first kappa shape index (κ1) is 12.0. The summed E-state index contributed by atoms with van der Waals surface area (Å²) in [4.78, 5) is 11.2. The minimum Gasteiger partial charge on any atom is -0.480 e. The Morgan fingerprint density at radius 1 is 1.47 bits per heavy atom. The van der Waals surface area contributed by atoms with E-state index in [0.29, 0.717) is 5.56 Å². The number of benzene rings is 1. The molecule has 1 saturated heterocycles. The number of carboxylic acid groups (broad SMARTS) is 1. The van der Waals surface area contributed by atoms with E-state index in [2.05, 4.69) is 0 Å². The Morgan fingerprint density at radius 3 is 2.53 bits per heavy atom. The molecule has 0 amide bonds. The molecule has 0 spiro atoms. The minimum atomic E-state index is -2.97. The van der Waals surface area contributed by atoms with Crippen LogP contribution in [0.5, 0.6) is 0 Å². The number of hydrogen-bond acceptors (Lipinski definition) is 2. The lowest BCUT2D eigenvalue weighted by Crippen LogP contribution is -2.53. The summed E-state index contributed by atoms with van der Waals surface area (Å²) < 4.78 is 31.2. The van der Waals surface area contributed by atoms with Gasteiger partial charge in [0.1, 0.15) is 5.41 Å². The Morgan fingerprint density at radius 2 is 2.12 bits per heavy atom. The third-order valence-corrected chi connectivity index (χ3v) is 3.03. The highest BCUT2D eigenvalue weighted by Crippen LogP contribution is 2.36. The van der Waals surface area contributed by atoms with Crippen LogP contribution in [0.25, 0.3) is 0 Å². The molecule has 1 fully saturated rings. The molecule has 1 heterocycles. The smallest absolute Gasteiger partial charge is 0.318 e. The van der Waals surface area contributed by atoms with Crippen LogP contribution in [-0.4, -0.2) is 24.3 Å². The fourth-order valence-corrected chi connectivity index (χ4v) is 1.81. The molecule has 17 heavy (non-hydrogen) atoms. The van der Waals surface area contributed by atoms with Crippen LogP contribution in [0, 0.1) is 0 Å². The predicted octanol–water partition coefficient (Wildman–Crippen LogP) is 2.15. The molecule has 1 aromatic carbocycles. The lowest BCUT2D eigenvalue weighted by Gasteiger charge is -2.38. The normalized spacial score (nSPS) is 18.5. The molecule has 0 saturated carbocycles.